The first-order valence-electron chi connectivity index (χ1n) is 4.13. The Labute approximate surface area is 103 Å². The van der Waals surface area contributed by atoms with Crippen LogP contribution in [0.15, 0.2) is 18.2 Å². The van der Waals surface area contributed by atoms with Gasteiger partial charge in [-0.2, -0.15) is 18.4 Å². The molecule has 1 rings (SSSR count). The molecule has 0 saturated carbocycles. The summed E-state index contributed by atoms with van der Waals surface area (Å²) in [6.07, 6.45) is -4.91. The van der Waals surface area contributed by atoms with Gasteiger partial charge in [0, 0.05) is 9.13 Å². The molecule has 6 heteroatoms. The zero-order valence-electron chi connectivity index (χ0n) is 7.81. The quantitative estimate of drug-likeness (QED) is 0.612. The summed E-state index contributed by atoms with van der Waals surface area (Å²) in [5.41, 5.74) is -0.939. The molecule has 0 aromatic heterocycles. The predicted molar refractivity (Wildman–Crippen MR) is 58.7 cm³/mol. The van der Waals surface area contributed by atoms with Crippen LogP contribution in [0.5, 0.6) is 0 Å². The number of carbonyl (C=O) groups is 1. The minimum atomic E-state index is -4.49. The Hall–Kier alpha value is -1.10. The number of carbonyl (C=O) groups excluding carboxylic acids is 1. The number of halogens is 4. The Bertz CT molecular complexity index is 462. The van der Waals surface area contributed by atoms with Crippen LogP contribution in [0.25, 0.3) is 0 Å². The molecular formula is C10H5F3INO. The van der Waals surface area contributed by atoms with Gasteiger partial charge >= 0.3 is 6.18 Å². The molecule has 0 saturated heterocycles. The number of benzene rings is 1. The van der Waals surface area contributed by atoms with Crippen molar-refractivity contribution < 1.29 is 18.0 Å². The second kappa shape index (κ2) is 4.82. The van der Waals surface area contributed by atoms with Crippen LogP contribution in [0, 0.1) is 14.9 Å². The van der Waals surface area contributed by atoms with Crippen molar-refractivity contribution in [1.29, 1.82) is 5.26 Å². The SMILES string of the molecule is N#CCC(=O)c1ccc(I)c(C(F)(F)F)c1. The lowest BCUT2D eigenvalue weighted by molar-refractivity contribution is -0.138. The van der Waals surface area contributed by atoms with E-state index in [4.69, 9.17) is 5.26 Å². The van der Waals surface area contributed by atoms with Gasteiger partial charge < -0.3 is 0 Å². The first-order chi connectivity index (χ1) is 7.36. The van der Waals surface area contributed by atoms with Gasteiger partial charge in [0.25, 0.3) is 0 Å². The highest BCUT2D eigenvalue weighted by atomic mass is 127. The number of nitrogens with zero attached hydrogens (tertiary/aromatic N) is 1. The maximum absolute atomic E-state index is 12.5. The van der Waals surface area contributed by atoms with Crippen molar-refractivity contribution in [3.63, 3.8) is 0 Å². The fraction of sp³-hybridized carbons (Fsp3) is 0.200. The van der Waals surface area contributed by atoms with Crippen molar-refractivity contribution in [2.75, 3.05) is 0 Å². The first kappa shape index (κ1) is 13.0. The van der Waals surface area contributed by atoms with Crippen molar-refractivity contribution in [3.05, 3.63) is 32.9 Å². The molecule has 0 aliphatic carbocycles. The molecule has 1 aromatic carbocycles. The molecule has 1 aromatic rings. The lowest BCUT2D eigenvalue weighted by Gasteiger charge is -2.10. The van der Waals surface area contributed by atoms with Crippen molar-refractivity contribution in [2.24, 2.45) is 0 Å². The molecule has 0 spiro atoms. The lowest BCUT2D eigenvalue weighted by atomic mass is 10.1. The van der Waals surface area contributed by atoms with Gasteiger partial charge in [0.05, 0.1) is 18.1 Å². The molecule has 2 nitrogen and oxygen atoms in total. The maximum atomic E-state index is 12.5. The summed E-state index contributed by atoms with van der Waals surface area (Å²) in [5, 5.41) is 8.29. The Morgan fingerprint density at radius 2 is 2.06 bits per heavy atom. The topological polar surface area (TPSA) is 40.9 Å². The summed E-state index contributed by atoms with van der Waals surface area (Å²) in [6.45, 7) is 0. The molecule has 0 aliphatic heterocycles. The second-order valence-corrected chi connectivity index (χ2v) is 4.11. The number of ketones is 1. The molecule has 0 amide bonds. The van der Waals surface area contributed by atoms with Gasteiger partial charge in [0.2, 0.25) is 0 Å². The number of hydrogen-bond acceptors (Lipinski definition) is 2. The minimum Gasteiger partial charge on any atom is -0.293 e. The third-order valence-electron chi connectivity index (χ3n) is 1.83. The average Bonchev–Trinajstić information content (AvgIpc) is 2.16. The summed E-state index contributed by atoms with van der Waals surface area (Å²) < 4.78 is 37.5. The van der Waals surface area contributed by atoms with E-state index in [0.29, 0.717) is 0 Å². The molecule has 16 heavy (non-hydrogen) atoms. The van der Waals surface area contributed by atoms with E-state index in [1.165, 1.54) is 12.1 Å². The molecule has 0 atom stereocenters. The van der Waals surface area contributed by atoms with E-state index in [9.17, 15) is 18.0 Å². The van der Waals surface area contributed by atoms with Gasteiger partial charge in [-0.1, -0.05) is 6.07 Å². The van der Waals surface area contributed by atoms with Crippen LogP contribution in [0.1, 0.15) is 22.3 Å². The van der Waals surface area contributed by atoms with E-state index in [1.54, 1.807) is 28.7 Å². The Morgan fingerprint density at radius 1 is 1.44 bits per heavy atom. The molecule has 0 radical (unpaired) electrons. The van der Waals surface area contributed by atoms with Crippen LogP contribution < -0.4 is 0 Å². The lowest BCUT2D eigenvalue weighted by Crippen LogP contribution is -2.09. The predicted octanol–water partition coefficient (Wildman–Crippen LogP) is 3.41. The smallest absolute Gasteiger partial charge is 0.293 e. The van der Waals surface area contributed by atoms with E-state index in [-0.39, 0.29) is 9.13 Å². The zero-order chi connectivity index (χ0) is 12.3. The van der Waals surface area contributed by atoms with E-state index in [1.807, 2.05) is 0 Å². The summed E-state index contributed by atoms with van der Waals surface area (Å²) in [6, 6.07) is 4.89. The monoisotopic (exact) mass is 339 g/mol. The fourth-order valence-corrected chi connectivity index (χ4v) is 1.73. The van der Waals surface area contributed by atoms with Crippen LogP contribution in [-0.2, 0) is 6.18 Å². The third-order valence-corrected chi connectivity index (χ3v) is 2.77. The van der Waals surface area contributed by atoms with Gasteiger partial charge in [-0.05, 0) is 34.7 Å². The average molecular weight is 339 g/mol. The Morgan fingerprint density at radius 3 is 2.56 bits per heavy atom. The van der Waals surface area contributed by atoms with Gasteiger partial charge in [-0.15, -0.1) is 0 Å². The van der Waals surface area contributed by atoms with Crippen LogP contribution in [0.2, 0.25) is 0 Å². The van der Waals surface area contributed by atoms with Crippen molar-refractivity contribution in [3.8, 4) is 6.07 Å². The molecule has 0 aliphatic rings. The van der Waals surface area contributed by atoms with Gasteiger partial charge in [-0.25, -0.2) is 0 Å². The highest BCUT2D eigenvalue weighted by Crippen LogP contribution is 2.33. The molecular weight excluding hydrogens is 334 g/mol. The summed E-state index contributed by atoms with van der Waals surface area (Å²) in [7, 11) is 0. The number of Topliss-reactive ketones (excluding diaryl/α,β-unsaturated/α-hetero) is 1. The molecule has 0 heterocycles. The van der Waals surface area contributed by atoms with Crippen LogP contribution in [0.4, 0.5) is 13.2 Å². The van der Waals surface area contributed by atoms with Crippen molar-refractivity contribution >= 4 is 28.4 Å². The maximum Gasteiger partial charge on any atom is 0.417 e. The number of rotatable bonds is 2. The molecule has 0 bridgehead atoms. The van der Waals surface area contributed by atoms with Gasteiger partial charge in [0.1, 0.15) is 0 Å². The van der Waals surface area contributed by atoms with E-state index >= 15 is 0 Å². The Kier molecular flexibility index (Phi) is 3.91. The van der Waals surface area contributed by atoms with Crippen LogP contribution >= 0.6 is 22.6 Å². The second-order valence-electron chi connectivity index (χ2n) is 2.95. The summed E-state index contributed by atoms with van der Waals surface area (Å²) in [4.78, 5) is 11.2. The van der Waals surface area contributed by atoms with Gasteiger partial charge in [0.15, 0.2) is 5.78 Å². The third kappa shape index (κ3) is 2.95. The number of alkyl halides is 3. The highest BCUT2D eigenvalue weighted by molar-refractivity contribution is 14.1. The largest absolute Gasteiger partial charge is 0.417 e. The fourth-order valence-electron chi connectivity index (χ4n) is 1.09. The summed E-state index contributed by atoms with van der Waals surface area (Å²) >= 11 is 1.55. The van der Waals surface area contributed by atoms with Gasteiger partial charge in [-0.3, -0.25) is 4.79 Å². The summed E-state index contributed by atoms with van der Waals surface area (Å²) in [5.74, 6) is -0.607. The standard InChI is InChI=1S/C10H5F3INO/c11-10(12,13)7-5-6(1-2-8(7)14)9(16)3-4-15/h1-2,5H,3H2. The minimum absolute atomic E-state index is 0.0265. The van der Waals surface area contributed by atoms with Crippen molar-refractivity contribution in [2.45, 2.75) is 12.6 Å². The van der Waals surface area contributed by atoms with E-state index in [0.717, 1.165) is 6.07 Å². The first-order valence-corrected chi connectivity index (χ1v) is 5.21. The Balaban J connectivity index is 3.19. The van der Waals surface area contributed by atoms with E-state index < -0.39 is 23.9 Å². The van der Waals surface area contributed by atoms with Crippen LogP contribution in [0.3, 0.4) is 0 Å². The molecule has 0 N–H and O–H groups in total. The number of hydrogen-bond donors (Lipinski definition) is 0. The number of nitriles is 1. The molecule has 0 unspecified atom stereocenters. The van der Waals surface area contributed by atoms with Crippen LogP contribution in [-0.4, -0.2) is 5.78 Å². The highest BCUT2D eigenvalue weighted by Gasteiger charge is 2.33. The molecule has 84 valence electrons. The zero-order valence-corrected chi connectivity index (χ0v) is 9.96. The normalized spacial score (nSPS) is 10.9. The molecule has 0 fully saturated rings. The van der Waals surface area contributed by atoms with E-state index in [2.05, 4.69) is 0 Å². The van der Waals surface area contributed by atoms with Crippen molar-refractivity contribution in [1.82, 2.24) is 0 Å².